The van der Waals surface area contributed by atoms with Crippen LogP contribution < -0.4 is 10.6 Å². The molecule has 0 atom stereocenters. The normalized spacial score (nSPS) is 11.3. The highest BCUT2D eigenvalue weighted by Gasteiger charge is 2.21. The van der Waals surface area contributed by atoms with Gasteiger partial charge in [0, 0.05) is 19.3 Å². The summed E-state index contributed by atoms with van der Waals surface area (Å²) in [5.74, 6) is 0.535. The molecule has 0 fully saturated rings. The molecule has 1 aromatic rings. The van der Waals surface area contributed by atoms with Crippen molar-refractivity contribution in [3.63, 3.8) is 0 Å². The number of nitrogens with two attached hydrogens (primary N) is 1. The van der Waals surface area contributed by atoms with Gasteiger partial charge in [-0.05, 0) is 37.4 Å². The zero-order valence-corrected chi connectivity index (χ0v) is 13.6. The van der Waals surface area contributed by atoms with E-state index < -0.39 is 0 Å². The number of nitrogens with zero attached hydrogens (tertiary/aromatic N) is 2. The van der Waals surface area contributed by atoms with E-state index in [4.69, 9.17) is 10.5 Å². The maximum Gasteiger partial charge on any atom is 0.339 e. The van der Waals surface area contributed by atoms with Gasteiger partial charge in [-0.1, -0.05) is 20.8 Å². The Kier molecular flexibility index (Phi) is 6.62. The summed E-state index contributed by atoms with van der Waals surface area (Å²) >= 11 is 0. The van der Waals surface area contributed by atoms with Crippen LogP contribution in [0.15, 0.2) is 18.3 Å². The summed E-state index contributed by atoms with van der Waals surface area (Å²) in [6.07, 6.45) is 2.60. The summed E-state index contributed by atoms with van der Waals surface area (Å²) in [5, 5.41) is 0. The fourth-order valence-corrected chi connectivity index (χ4v) is 2.03. The molecule has 0 spiro atoms. The first-order valence-corrected chi connectivity index (χ1v) is 7.51. The molecule has 0 aliphatic carbocycles. The van der Waals surface area contributed by atoms with Gasteiger partial charge in [-0.15, -0.1) is 0 Å². The molecule has 5 nitrogen and oxygen atoms in total. The summed E-state index contributed by atoms with van der Waals surface area (Å²) in [4.78, 5) is 18.2. The van der Waals surface area contributed by atoms with E-state index in [2.05, 4.69) is 30.7 Å². The molecule has 0 saturated carbocycles. The van der Waals surface area contributed by atoms with E-state index in [1.165, 1.54) is 0 Å². The number of rotatable bonds is 8. The van der Waals surface area contributed by atoms with Crippen molar-refractivity contribution in [2.24, 2.45) is 11.1 Å². The lowest BCUT2D eigenvalue weighted by Crippen LogP contribution is -2.39. The van der Waals surface area contributed by atoms with Crippen molar-refractivity contribution in [2.75, 3.05) is 31.1 Å². The molecule has 0 bridgehead atoms. The molecular weight excluding hydrogens is 266 g/mol. The topological polar surface area (TPSA) is 68.5 Å². The van der Waals surface area contributed by atoms with Gasteiger partial charge in [0.15, 0.2) is 0 Å². The minimum Gasteiger partial charge on any atom is -0.462 e. The number of esters is 1. The second-order valence-electron chi connectivity index (χ2n) is 5.92. The molecule has 0 aliphatic rings. The Morgan fingerprint density at radius 3 is 2.57 bits per heavy atom. The Balaban J connectivity index is 2.86. The summed E-state index contributed by atoms with van der Waals surface area (Å²) in [6.45, 7) is 10.9. The van der Waals surface area contributed by atoms with Crippen molar-refractivity contribution >= 4 is 11.8 Å². The van der Waals surface area contributed by atoms with Gasteiger partial charge >= 0.3 is 5.97 Å². The molecule has 0 saturated heterocycles. The van der Waals surface area contributed by atoms with E-state index in [0.717, 1.165) is 25.3 Å². The molecule has 0 aliphatic heterocycles. The van der Waals surface area contributed by atoms with Crippen LogP contribution in [0.25, 0.3) is 0 Å². The maximum absolute atomic E-state index is 11.6. The molecule has 2 N–H and O–H groups in total. The molecule has 21 heavy (non-hydrogen) atoms. The van der Waals surface area contributed by atoms with Crippen molar-refractivity contribution in [1.29, 1.82) is 0 Å². The lowest BCUT2D eigenvalue weighted by molar-refractivity contribution is 0.0526. The molecule has 118 valence electrons. The van der Waals surface area contributed by atoms with Crippen molar-refractivity contribution in [1.82, 2.24) is 4.98 Å². The first kappa shape index (κ1) is 17.4. The van der Waals surface area contributed by atoms with E-state index >= 15 is 0 Å². The number of carbonyl (C=O) groups is 1. The van der Waals surface area contributed by atoms with E-state index in [-0.39, 0.29) is 11.4 Å². The van der Waals surface area contributed by atoms with Gasteiger partial charge in [-0.2, -0.15) is 0 Å². The lowest BCUT2D eigenvalue weighted by Gasteiger charge is -2.32. The van der Waals surface area contributed by atoms with Crippen LogP contribution in [0.1, 0.15) is 44.5 Å². The SMILES string of the molecule is CCCN(CC(C)(C)CN)c1ccc(C(=O)OCC)cn1. The maximum atomic E-state index is 11.6. The van der Waals surface area contributed by atoms with Crippen LogP contribution in [-0.2, 0) is 4.74 Å². The van der Waals surface area contributed by atoms with Crippen LogP contribution in [0, 0.1) is 5.41 Å². The Hall–Kier alpha value is -1.62. The number of aromatic nitrogens is 1. The molecule has 0 amide bonds. The molecule has 1 aromatic heterocycles. The average molecular weight is 293 g/mol. The zero-order chi connectivity index (χ0) is 15.9. The minimum absolute atomic E-state index is 0.0245. The number of ether oxygens (including phenoxy) is 1. The Labute approximate surface area is 127 Å². The van der Waals surface area contributed by atoms with Gasteiger partial charge in [0.1, 0.15) is 5.82 Å². The largest absolute Gasteiger partial charge is 0.462 e. The van der Waals surface area contributed by atoms with Gasteiger partial charge in [0.2, 0.25) is 0 Å². The van der Waals surface area contributed by atoms with Gasteiger partial charge in [0.25, 0.3) is 0 Å². The van der Waals surface area contributed by atoms with Crippen molar-refractivity contribution < 1.29 is 9.53 Å². The number of anilines is 1. The molecular formula is C16H27N3O2. The second kappa shape index (κ2) is 7.98. The molecule has 0 aromatic carbocycles. The zero-order valence-electron chi connectivity index (χ0n) is 13.6. The van der Waals surface area contributed by atoms with Crippen LogP contribution in [-0.4, -0.2) is 37.2 Å². The first-order valence-electron chi connectivity index (χ1n) is 7.51. The average Bonchev–Trinajstić information content (AvgIpc) is 2.47. The van der Waals surface area contributed by atoms with Crippen LogP contribution in [0.4, 0.5) is 5.82 Å². The van der Waals surface area contributed by atoms with Crippen LogP contribution in [0.5, 0.6) is 0 Å². The predicted octanol–water partition coefficient (Wildman–Crippen LogP) is 2.46. The Bertz CT molecular complexity index is 443. The van der Waals surface area contributed by atoms with Gasteiger partial charge in [0.05, 0.1) is 12.2 Å². The number of hydrogen-bond acceptors (Lipinski definition) is 5. The fraction of sp³-hybridized carbons (Fsp3) is 0.625. The van der Waals surface area contributed by atoms with Crippen molar-refractivity contribution in [2.45, 2.75) is 34.1 Å². The van der Waals surface area contributed by atoms with Crippen molar-refractivity contribution in [3.05, 3.63) is 23.9 Å². The quantitative estimate of drug-likeness (QED) is 0.746. The number of pyridine rings is 1. The van der Waals surface area contributed by atoms with E-state index in [1.54, 1.807) is 19.2 Å². The summed E-state index contributed by atoms with van der Waals surface area (Å²) in [5.41, 5.74) is 6.32. The third-order valence-electron chi connectivity index (χ3n) is 3.25. The van der Waals surface area contributed by atoms with Gasteiger partial charge in [-0.3, -0.25) is 0 Å². The summed E-state index contributed by atoms with van der Waals surface area (Å²) in [6, 6.07) is 3.63. The minimum atomic E-state index is -0.333. The molecule has 1 heterocycles. The molecule has 1 rings (SSSR count). The van der Waals surface area contributed by atoms with E-state index in [9.17, 15) is 4.79 Å². The van der Waals surface area contributed by atoms with Crippen LogP contribution in [0.2, 0.25) is 0 Å². The summed E-state index contributed by atoms with van der Waals surface area (Å²) in [7, 11) is 0. The smallest absolute Gasteiger partial charge is 0.339 e. The summed E-state index contributed by atoms with van der Waals surface area (Å²) < 4.78 is 4.96. The van der Waals surface area contributed by atoms with Crippen LogP contribution >= 0.6 is 0 Å². The lowest BCUT2D eigenvalue weighted by atomic mass is 9.93. The Morgan fingerprint density at radius 2 is 2.10 bits per heavy atom. The fourth-order valence-electron chi connectivity index (χ4n) is 2.03. The first-order chi connectivity index (χ1) is 9.93. The third kappa shape index (κ3) is 5.34. The highest BCUT2D eigenvalue weighted by Crippen LogP contribution is 2.20. The predicted molar refractivity (Wildman–Crippen MR) is 85.5 cm³/mol. The second-order valence-corrected chi connectivity index (χ2v) is 5.92. The highest BCUT2D eigenvalue weighted by molar-refractivity contribution is 5.89. The molecule has 5 heteroatoms. The number of carbonyl (C=O) groups excluding carboxylic acids is 1. The van der Waals surface area contributed by atoms with Gasteiger partial charge in [-0.25, -0.2) is 9.78 Å². The van der Waals surface area contributed by atoms with E-state index in [0.29, 0.717) is 18.7 Å². The number of hydrogen-bond donors (Lipinski definition) is 1. The Morgan fingerprint density at radius 1 is 1.38 bits per heavy atom. The monoisotopic (exact) mass is 293 g/mol. The van der Waals surface area contributed by atoms with Crippen molar-refractivity contribution in [3.8, 4) is 0 Å². The molecule has 0 unspecified atom stereocenters. The standard InChI is InChI=1S/C16H27N3O2/c1-5-9-19(12-16(3,4)11-17)14-8-7-13(10-18-14)15(20)21-6-2/h7-8,10H,5-6,9,11-12,17H2,1-4H3. The van der Waals surface area contributed by atoms with Crippen LogP contribution in [0.3, 0.4) is 0 Å². The highest BCUT2D eigenvalue weighted by atomic mass is 16.5. The molecule has 0 radical (unpaired) electrons. The van der Waals surface area contributed by atoms with Gasteiger partial charge < -0.3 is 15.4 Å². The third-order valence-corrected chi connectivity index (χ3v) is 3.25. The van der Waals surface area contributed by atoms with E-state index in [1.807, 2.05) is 6.07 Å².